The summed E-state index contributed by atoms with van der Waals surface area (Å²) in [6, 6.07) is 21.6. The molecule has 0 bridgehead atoms. The van der Waals surface area contributed by atoms with Gasteiger partial charge in [-0.2, -0.15) is 11.3 Å². The number of fused-ring (bicyclic) bond motifs is 1. The van der Waals surface area contributed by atoms with Crippen molar-refractivity contribution >= 4 is 40.3 Å². The van der Waals surface area contributed by atoms with E-state index in [1.54, 1.807) is 22.7 Å². The summed E-state index contributed by atoms with van der Waals surface area (Å²) in [5, 5.41) is 6.56. The number of hydrogen-bond acceptors (Lipinski definition) is 4. The van der Waals surface area contributed by atoms with E-state index < -0.39 is 0 Å². The summed E-state index contributed by atoms with van der Waals surface area (Å²) in [5.74, 6) is 0. The number of aliphatic imine (C=N–C) groups is 1. The second-order valence-electron chi connectivity index (χ2n) is 6.51. The van der Waals surface area contributed by atoms with Crippen molar-refractivity contribution in [3.05, 3.63) is 82.4 Å². The lowest BCUT2D eigenvalue weighted by Gasteiger charge is -2.28. The second kappa shape index (κ2) is 7.14. The topological polar surface area (TPSA) is 15.6 Å². The Morgan fingerprint density at radius 3 is 2.74 bits per heavy atom. The van der Waals surface area contributed by atoms with Gasteiger partial charge in [0.05, 0.1) is 17.9 Å². The van der Waals surface area contributed by atoms with E-state index in [-0.39, 0.29) is 0 Å². The minimum atomic E-state index is 0.837. The quantitative estimate of drug-likeness (QED) is 0.374. The lowest BCUT2D eigenvalue weighted by atomic mass is 9.94. The van der Waals surface area contributed by atoms with Gasteiger partial charge in [-0.1, -0.05) is 36.4 Å². The summed E-state index contributed by atoms with van der Waals surface area (Å²) in [6.45, 7) is 1.71. The van der Waals surface area contributed by atoms with E-state index in [4.69, 9.17) is 0 Å². The zero-order valence-electron chi connectivity index (χ0n) is 14.7. The van der Waals surface area contributed by atoms with Crippen LogP contribution in [0.5, 0.6) is 0 Å². The highest BCUT2D eigenvalue weighted by atomic mass is 32.1. The molecule has 0 radical (unpaired) electrons. The van der Waals surface area contributed by atoms with Gasteiger partial charge in [0.15, 0.2) is 0 Å². The molecule has 132 valence electrons. The predicted molar refractivity (Wildman–Crippen MR) is 119 cm³/mol. The van der Waals surface area contributed by atoms with Crippen molar-refractivity contribution in [2.45, 2.75) is 6.54 Å². The number of thiophene rings is 2. The minimum absolute atomic E-state index is 0.837. The fourth-order valence-electron chi connectivity index (χ4n) is 3.65. The van der Waals surface area contributed by atoms with Gasteiger partial charge in [0.2, 0.25) is 0 Å². The number of para-hydroxylation sites is 2. The maximum Gasteiger partial charge on any atom is 0.0860 e. The minimum Gasteiger partial charge on any atom is -0.360 e. The van der Waals surface area contributed by atoms with Gasteiger partial charge in [-0.3, -0.25) is 4.99 Å². The van der Waals surface area contributed by atoms with Gasteiger partial charge in [0.1, 0.15) is 0 Å². The van der Waals surface area contributed by atoms with Crippen molar-refractivity contribution in [3.8, 4) is 21.6 Å². The molecular weight excluding hydrogens is 368 g/mol. The molecule has 3 heterocycles. The first-order valence-electron chi connectivity index (χ1n) is 8.95. The van der Waals surface area contributed by atoms with Gasteiger partial charge >= 0.3 is 0 Å². The van der Waals surface area contributed by atoms with Crippen LogP contribution in [-0.4, -0.2) is 12.8 Å². The molecule has 0 atom stereocenters. The molecule has 5 rings (SSSR count). The first-order valence-corrected chi connectivity index (χ1v) is 10.8. The Morgan fingerprint density at radius 1 is 0.926 bits per heavy atom. The van der Waals surface area contributed by atoms with Crippen LogP contribution in [0.1, 0.15) is 5.56 Å². The van der Waals surface area contributed by atoms with Gasteiger partial charge < -0.3 is 4.90 Å². The van der Waals surface area contributed by atoms with E-state index >= 15 is 0 Å². The van der Waals surface area contributed by atoms with Crippen molar-refractivity contribution in [1.29, 1.82) is 0 Å². The molecule has 27 heavy (non-hydrogen) atoms. The fraction of sp³-hybridized carbons (Fsp3) is 0.0870. The molecule has 0 amide bonds. The lowest BCUT2D eigenvalue weighted by Crippen LogP contribution is -2.27. The zero-order chi connectivity index (χ0) is 18.1. The predicted octanol–water partition coefficient (Wildman–Crippen LogP) is 6.87. The van der Waals surface area contributed by atoms with Crippen molar-refractivity contribution in [1.82, 2.24) is 0 Å². The summed E-state index contributed by atoms with van der Waals surface area (Å²) in [4.78, 5) is 8.28. The SMILES string of the molecule is C1=Nc2ccccc2N(Cc2cccc(-c3cccs3)c2-c2ccsc2)C1. The van der Waals surface area contributed by atoms with Crippen LogP contribution in [0.2, 0.25) is 0 Å². The van der Waals surface area contributed by atoms with E-state index in [1.165, 1.54) is 32.8 Å². The van der Waals surface area contributed by atoms with E-state index in [0.29, 0.717) is 0 Å². The maximum absolute atomic E-state index is 4.55. The third-order valence-electron chi connectivity index (χ3n) is 4.86. The molecule has 0 aliphatic carbocycles. The standard InChI is InChI=1S/C23H18N2S2/c1-2-8-21-20(7-1)24-11-12-25(21)15-17-5-3-6-19(22-9-4-13-27-22)23(17)18-10-14-26-16-18/h1-11,13-14,16H,12,15H2. The van der Waals surface area contributed by atoms with Crippen molar-refractivity contribution < 1.29 is 0 Å². The third-order valence-corrected chi connectivity index (χ3v) is 6.45. The molecule has 4 aromatic rings. The smallest absolute Gasteiger partial charge is 0.0860 e. The van der Waals surface area contributed by atoms with Crippen LogP contribution in [-0.2, 0) is 6.54 Å². The third kappa shape index (κ3) is 3.11. The van der Waals surface area contributed by atoms with Crippen LogP contribution in [0.25, 0.3) is 21.6 Å². The highest BCUT2D eigenvalue weighted by Gasteiger charge is 2.18. The van der Waals surface area contributed by atoms with E-state index in [9.17, 15) is 0 Å². The van der Waals surface area contributed by atoms with E-state index in [1.807, 2.05) is 12.3 Å². The Bertz CT molecular complexity index is 1080. The van der Waals surface area contributed by atoms with Crippen LogP contribution >= 0.6 is 22.7 Å². The van der Waals surface area contributed by atoms with Crippen molar-refractivity contribution in [3.63, 3.8) is 0 Å². The maximum atomic E-state index is 4.55. The van der Waals surface area contributed by atoms with E-state index in [0.717, 1.165) is 18.8 Å². The fourth-order valence-corrected chi connectivity index (χ4v) is 5.05. The monoisotopic (exact) mass is 386 g/mol. The average molecular weight is 387 g/mol. The molecule has 0 saturated heterocycles. The highest BCUT2D eigenvalue weighted by Crippen LogP contribution is 2.39. The average Bonchev–Trinajstić information content (AvgIpc) is 3.42. The molecule has 2 aromatic carbocycles. The molecule has 2 nitrogen and oxygen atoms in total. The van der Waals surface area contributed by atoms with Gasteiger partial charge in [0.25, 0.3) is 0 Å². The summed E-state index contributed by atoms with van der Waals surface area (Å²) < 4.78 is 0. The Hall–Kier alpha value is -2.69. The first kappa shape index (κ1) is 16.5. The summed E-state index contributed by atoms with van der Waals surface area (Å²) in [5.41, 5.74) is 7.58. The zero-order valence-corrected chi connectivity index (χ0v) is 16.3. The molecule has 0 spiro atoms. The highest BCUT2D eigenvalue weighted by molar-refractivity contribution is 7.13. The van der Waals surface area contributed by atoms with Gasteiger partial charge in [-0.25, -0.2) is 0 Å². The molecule has 0 fully saturated rings. The van der Waals surface area contributed by atoms with Crippen LogP contribution in [0.3, 0.4) is 0 Å². The molecular formula is C23H18N2S2. The van der Waals surface area contributed by atoms with Crippen LogP contribution in [0, 0.1) is 0 Å². The second-order valence-corrected chi connectivity index (χ2v) is 8.24. The Kier molecular flexibility index (Phi) is 4.36. The number of anilines is 1. The molecule has 1 aliphatic rings. The van der Waals surface area contributed by atoms with Crippen molar-refractivity contribution in [2.24, 2.45) is 4.99 Å². The van der Waals surface area contributed by atoms with Crippen molar-refractivity contribution in [2.75, 3.05) is 11.4 Å². The molecule has 0 N–H and O–H groups in total. The number of rotatable bonds is 4. The Balaban J connectivity index is 1.61. The molecule has 0 saturated carbocycles. The molecule has 2 aromatic heterocycles. The summed E-state index contributed by atoms with van der Waals surface area (Å²) in [7, 11) is 0. The van der Waals surface area contributed by atoms with Crippen LogP contribution in [0.4, 0.5) is 11.4 Å². The number of nitrogens with zero attached hydrogens (tertiary/aromatic N) is 2. The summed E-state index contributed by atoms with van der Waals surface area (Å²) >= 11 is 3.55. The van der Waals surface area contributed by atoms with E-state index in [2.05, 4.69) is 80.6 Å². The summed E-state index contributed by atoms with van der Waals surface area (Å²) in [6.07, 6.45) is 2.01. The van der Waals surface area contributed by atoms with Gasteiger partial charge in [-0.05, 0) is 62.7 Å². The molecule has 1 aliphatic heterocycles. The van der Waals surface area contributed by atoms with Gasteiger partial charge in [0, 0.05) is 17.6 Å². The molecule has 0 unspecified atom stereocenters. The number of hydrogen-bond donors (Lipinski definition) is 0. The van der Waals surface area contributed by atoms with Gasteiger partial charge in [-0.15, -0.1) is 11.3 Å². The Labute approximate surface area is 167 Å². The normalized spacial score (nSPS) is 13.0. The number of benzene rings is 2. The Morgan fingerprint density at radius 2 is 1.89 bits per heavy atom. The largest absolute Gasteiger partial charge is 0.360 e. The van der Waals surface area contributed by atoms with Crippen LogP contribution in [0.15, 0.2) is 81.8 Å². The van der Waals surface area contributed by atoms with Crippen LogP contribution < -0.4 is 4.90 Å². The molecule has 4 heteroatoms. The lowest BCUT2D eigenvalue weighted by molar-refractivity contribution is 0.883. The first-order chi connectivity index (χ1) is 13.4.